The van der Waals surface area contributed by atoms with E-state index in [2.05, 4.69) is 20.5 Å². The molecule has 0 spiro atoms. The van der Waals surface area contributed by atoms with Crippen LogP contribution in [0.25, 0.3) is 0 Å². The first-order chi connectivity index (χ1) is 13.3. The molecule has 0 aromatic carbocycles. The molecule has 0 saturated heterocycles. The fraction of sp³-hybridized carbons (Fsp3) is 0.250. The van der Waals surface area contributed by atoms with Crippen molar-refractivity contribution < 1.29 is 18.0 Å². The number of nitrogens with zero attached hydrogens (tertiary/aromatic N) is 5. The molecule has 1 aliphatic heterocycles. The standard InChI is InChI=1S/C16H12ClF3N6OS/c1-2-25-6-8(5-22-25)12-11(13(27)9-3-4-10(17)28-9)14(16(18,19)20)24-15-21-7-23-26(12)15/h3-7,12H,2H2,1H3,(H,21,23,24)/t12-/m0/s1. The Labute approximate surface area is 165 Å². The zero-order valence-electron chi connectivity index (χ0n) is 14.2. The molecule has 0 aliphatic carbocycles. The number of carbonyl (C=O) groups excluding carboxylic acids is 1. The molecule has 0 fully saturated rings. The average Bonchev–Trinajstić information content (AvgIpc) is 3.38. The number of fused-ring (bicyclic) bond motifs is 1. The molecule has 1 N–H and O–H groups in total. The number of rotatable bonds is 4. The van der Waals surface area contributed by atoms with E-state index in [0.717, 1.165) is 17.7 Å². The summed E-state index contributed by atoms with van der Waals surface area (Å²) in [5, 5.41) is 10.4. The molecule has 4 heterocycles. The largest absolute Gasteiger partial charge is 0.431 e. The summed E-state index contributed by atoms with van der Waals surface area (Å²) in [5.41, 5.74) is -1.26. The number of alkyl halides is 3. The summed E-state index contributed by atoms with van der Waals surface area (Å²) in [6.07, 6.45) is -0.664. The lowest BCUT2D eigenvalue weighted by Crippen LogP contribution is -2.34. The Bertz CT molecular complexity index is 1080. The molecule has 0 unspecified atom stereocenters. The van der Waals surface area contributed by atoms with Crippen LogP contribution in [0.3, 0.4) is 0 Å². The summed E-state index contributed by atoms with van der Waals surface area (Å²) >= 11 is 6.79. The topological polar surface area (TPSA) is 77.6 Å². The van der Waals surface area contributed by atoms with Crippen LogP contribution in [0.1, 0.15) is 28.2 Å². The number of halogens is 4. The fourth-order valence-corrected chi connectivity index (χ4v) is 4.00. The van der Waals surface area contributed by atoms with Crippen molar-refractivity contribution in [2.24, 2.45) is 0 Å². The lowest BCUT2D eigenvalue weighted by atomic mass is 9.93. The van der Waals surface area contributed by atoms with Gasteiger partial charge in [-0.3, -0.25) is 9.48 Å². The maximum absolute atomic E-state index is 13.9. The second-order valence-corrected chi connectivity index (χ2v) is 7.62. The highest BCUT2D eigenvalue weighted by Crippen LogP contribution is 2.42. The first kappa shape index (κ1) is 18.7. The molecule has 1 aliphatic rings. The first-order valence-electron chi connectivity index (χ1n) is 8.10. The first-order valence-corrected chi connectivity index (χ1v) is 9.29. The smallest absolute Gasteiger partial charge is 0.320 e. The number of anilines is 1. The second-order valence-electron chi connectivity index (χ2n) is 5.90. The number of carbonyl (C=O) groups is 1. The predicted molar refractivity (Wildman–Crippen MR) is 96.4 cm³/mol. The molecular formula is C16H12ClF3N6OS. The Kier molecular flexibility index (Phi) is 4.50. The average molecular weight is 429 g/mol. The van der Waals surface area contributed by atoms with Crippen LogP contribution < -0.4 is 5.32 Å². The SMILES string of the molecule is CCn1cc([C@H]2C(C(=O)c3ccc(Cl)s3)=C(C(F)(F)F)Nc3ncnn32)cn1. The Hall–Kier alpha value is -2.66. The minimum Gasteiger partial charge on any atom is -0.320 e. The summed E-state index contributed by atoms with van der Waals surface area (Å²) in [6.45, 7) is 2.37. The highest BCUT2D eigenvalue weighted by Gasteiger charge is 2.46. The summed E-state index contributed by atoms with van der Waals surface area (Å²) in [5.74, 6) is -0.894. The van der Waals surface area contributed by atoms with Crippen LogP contribution in [-0.2, 0) is 6.54 Å². The summed E-state index contributed by atoms with van der Waals surface area (Å²) in [4.78, 5) is 17.1. The Balaban J connectivity index is 1.95. The van der Waals surface area contributed by atoms with Crippen molar-refractivity contribution in [2.45, 2.75) is 25.7 Å². The van der Waals surface area contributed by atoms with Crippen molar-refractivity contribution in [3.05, 3.63) is 56.9 Å². The van der Waals surface area contributed by atoms with Crippen LogP contribution >= 0.6 is 22.9 Å². The maximum atomic E-state index is 13.9. The van der Waals surface area contributed by atoms with Gasteiger partial charge in [-0.2, -0.15) is 28.4 Å². The lowest BCUT2D eigenvalue weighted by Gasteiger charge is -2.29. The summed E-state index contributed by atoms with van der Waals surface area (Å²) in [7, 11) is 0. The van der Waals surface area contributed by atoms with Gasteiger partial charge in [0.1, 0.15) is 18.1 Å². The van der Waals surface area contributed by atoms with Gasteiger partial charge in [0, 0.05) is 18.3 Å². The molecule has 3 aromatic heterocycles. The van der Waals surface area contributed by atoms with Gasteiger partial charge in [-0.15, -0.1) is 11.3 Å². The predicted octanol–water partition coefficient (Wildman–Crippen LogP) is 3.92. The quantitative estimate of drug-likeness (QED) is 0.637. The van der Waals surface area contributed by atoms with E-state index >= 15 is 0 Å². The van der Waals surface area contributed by atoms with Crippen molar-refractivity contribution in [1.82, 2.24) is 24.5 Å². The zero-order chi connectivity index (χ0) is 20.1. The third-order valence-corrected chi connectivity index (χ3v) is 5.45. The van der Waals surface area contributed by atoms with Crippen LogP contribution in [0.4, 0.5) is 19.1 Å². The van der Waals surface area contributed by atoms with Crippen molar-refractivity contribution >= 4 is 34.7 Å². The maximum Gasteiger partial charge on any atom is 0.431 e. The van der Waals surface area contributed by atoms with Gasteiger partial charge in [-0.25, -0.2) is 4.68 Å². The number of hydrogen-bond acceptors (Lipinski definition) is 6. The molecule has 0 amide bonds. The van der Waals surface area contributed by atoms with Crippen LogP contribution in [0.15, 0.2) is 42.1 Å². The van der Waals surface area contributed by atoms with Gasteiger partial charge in [0.05, 0.1) is 21.0 Å². The number of ketones is 1. The molecule has 0 saturated carbocycles. The normalized spacial score (nSPS) is 16.8. The molecule has 146 valence electrons. The van der Waals surface area contributed by atoms with Crippen molar-refractivity contribution in [3.8, 4) is 0 Å². The fourth-order valence-electron chi connectivity index (χ4n) is 3.00. The van der Waals surface area contributed by atoms with Gasteiger partial charge in [-0.05, 0) is 19.1 Å². The van der Waals surface area contributed by atoms with Crippen LogP contribution in [0.2, 0.25) is 4.34 Å². The van der Waals surface area contributed by atoms with E-state index in [1.165, 1.54) is 23.0 Å². The molecular weight excluding hydrogens is 417 g/mol. The molecule has 1 atom stereocenters. The van der Waals surface area contributed by atoms with E-state index in [9.17, 15) is 18.0 Å². The van der Waals surface area contributed by atoms with E-state index in [1.54, 1.807) is 10.9 Å². The number of hydrogen-bond donors (Lipinski definition) is 1. The highest BCUT2D eigenvalue weighted by atomic mass is 35.5. The van der Waals surface area contributed by atoms with E-state index in [0.29, 0.717) is 16.4 Å². The number of nitrogens with one attached hydrogen (secondary N) is 1. The number of Topliss-reactive ketones (excluding diaryl/α,β-unsaturated/α-hetero) is 1. The van der Waals surface area contributed by atoms with Crippen molar-refractivity contribution in [1.29, 1.82) is 0 Å². The van der Waals surface area contributed by atoms with Gasteiger partial charge in [0.25, 0.3) is 0 Å². The van der Waals surface area contributed by atoms with E-state index in [4.69, 9.17) is 11.6 Å². The Morgan fingerprint density at radius 1 is 1.36 bits per heavy atom. The van der Waals surface area contributed by atoms with Crippen LogP contribution in [0.5, 0.6) is 0 Å². The van der Waals surface area contributed by atoms with Crippen LogP contribution in [0, 0.1) is 0 Å². The van der Waals surface area contributed by atoms with Crippen molar-refractivity contribution in [2.75, 3.05) is 5.32 Å². The molecule has 12 heteroatoms. The van der Waals surface area contributed by atoms with Gasteiger partial charge in [-0.1, -0.05) is 11.6 Å². The van der Waals surface area contributed by atoms with Gasteiger partial charge in [0.2, 0.25) is 11.7 Å². The Morgan fingerprint density at radius 3 is 2.75 bits per heavy atom. The van der Waals surface area contributed by atoms with E-state index in [1.807, 2.05) is 6.92 Å². The Morgan fingerprint density at radius 2 is 2.14 bits per heavy atom. The van der Waals surface area contributed by atoms with E-state index < -0.39 is 29.3 Å². The minimum atomic E-state index is -4.80. The molecule has 7 nitrogen and oxygen atoms in total. The molecule has 4 rings (SSSR count). The van der Waals surface area contributed by atoms with Gasteiger partial charge < -0.3 is 5.32 Å². The minimum absolute atomic E-state index is 0.0972. The van der Waals surface area contributed by atoms with E-state index in [-0.39, 0.29) is 10.8 Å². The van der Waals surface area contributed by atoms with Crippen LogP contribution in [-0.4, -0.2) is 36.5 Å². The number of thiophene rings is 1. The summed E-state index contributed by atoms with van der Waals surface area (Å²) in [6, 6.07) is 1.73. The molecule has 3 aromatic rings. The monoisotopic (exact) mass is 428 g/mol. The zero-order valence-corrected chi connectivity index (χ0v) is 15.8. The van der Waals surface area contributed by atoms with Crippen molar-refractivity contribution in [3.63, 3.8) is 0 Å². The lowest BCUT2D eigenvalue weighted by molar-refractivity contribution is -0.0918. The third-order valence-electron chi connectivity index (χ3n) is 4.22. The number of aryl methyl sites for hydroxylation is 1. The third kappa shape index (κ3) is 3.10. The number of aromatic nitrogens is 5. The highest BCUT2D eigenvalue weighted by molar-refractivity contribution is 7.18. The van der Waals surface area contributed by atoms with Gasteiger partial charge >= 0.3 is 6.18 Å². The number of allylic oxidation sites excluding steroid dienone is 2. The molecule has 0 radical (unpaired) electrons. The molecule has 28 heavy (non-hydrogen) atoms. The second kappa shape index (κ2) is 6.74. The summed E-state index contributed by atoms with van der Waals surface area (Å²) < 4.78 is 44.7. The molecule has 0 bridgehead atoms. The van der Waals surface area contributed by atoms with Gasteiger partial charge in [0.15, 0.2) is 0 Å².